The third-order valence-electron chi connectivity index (χ3n) is 5.18. The van der Waals surface area contributed by atoms with Gasteiger partial charge in [0.2, 0.25) is 5.85 Å². The van der Waals surface area contributed by atoms with E-state index in [1.54, 1.807) is 27.7 Å². The minimum absolute atomic E-state index is 0.476. The molecule has 1 fully saturated rings. The fraction of sp³-hybridized carbons (Fsp3) is 0.727. The van der Waals surface area contributed by atoms with Crippen LogP contribution in [0.1, 0.15) is 61.1 Å². The Morgan fingerprint density at radius 2 is 1.66 bits per heavy atom. The zero-order valence-corrected chi connectivity index (χ0v) is 23.2. The van der Waals surface area contributed by atoms with Crippen LogP contribution in [0.25, 0.3) is 0 Å². The van der Waals surface area contributed by atoms with Gasteiger partial charge in [0.05, 0.1) is 12.2 Å². The van der Waals surface area contributed by atoms with Gasteiger partial charge in [-0.1, -0.05) is 0 Å². The zero-order chi connectivity index (χ0) is 29.1. The van der Waals surface area contributed by atoms with Gasteiger partial charge in [-0.15, -0.1) is 0 Å². The standard InChI is InChI=1S/C22H36FN4O10P/c1-12(2)35-17(29)14(5)25-38(33,26-15(6)18(30)36-13(3)4)34-11-22(23)10-21(7,32)19(37-22)27-9-8-16(28)24-20(27)31/h8-9,12-15,19,32H,10-11H2,1-7H3,(H,24,28,31)(H2,25,26,33)/t14-,15-,19+,21+,22-/m0/s1. The highest BCUT2D eigenvalue weighted by Gasteiger charge is 2.56. The minimum Gasteiger partial charge on any atom is -0.462 e. The molecule has 1 aliphatic rings. The van der Waals surface area contributed by atoms with Crippen molar-refractivity contribution in [3.63, 3.8) is 0 Å². The van der Waals surface area contributed by atoms with Crippen LogP contribution in [0.2, 0.25) is 0 Å². The molecule has 2 heterocycles. The second-order valence-electron chi connectivity index (χ2n) is 9.90. The second kappa shape index (κ2) is 12.2. The van der Waals surface area contributed by atoms with Gasteiger partial charge in [0.15, 0.2) is 6.23 Å². The summed E-state index contributed by atoms with van der Waals surface area (Å²) in [5.41, 5.74) is -3.60. The highest BCUT2D eigenvalue weighted by molar-refractivity contribution is 7.54. The van der Waals surface area contributed by atoms with E-state index in [4.69, 9.17) is 18.7 Å². The number of nitrogens with zero attached hydrogens (tertiary/aromatic N) is 1. The number of ether oxygens (including phenoxy) is 3. The summed E-state index contributed by atoms with van der Waals surface area (Å²) >= 11 is 0. The molecule has 0 bridgehead atoms. The number of hydrogen-bond acceptors (Lipinski definition) is 10. The lowest BCUT2D eigenvalue weighted by Crippen LogP contribution is -2.44. The molecule has 4 N–H and O–H groups in total. The van der Waals surface area contributed by atoms with Crippen LogP contribution in [0, 0.1) is 0 Å². The summed E-state index contributed by atoms with van der Waals surface area (Å²) in [4.78, 5) is 50.1. The van der Waals surface area contributed by atoms with Crippen LogP contribution >= 0.6 is 7.67 Å². The molecular weight excluding hydrogens is 530 g/mol. The van der Waals surface area contributed by atoms with Crippen molar-refractivity contribution in [3.05, 3.63) is 33.1 Å². The van der Waals surface area contributed by atoms with Crippen LogP contribution in [0.15, 0.2) is 21.9 Å². The molecule has 38 heavy (non-hydrogen) atoms. The van der Waals surface area contributed by atoms with Gasteiger partial charge < -0.3 is 23.8 Å². The summed E-state index contributed by atoms with van der Waals surface area (Å²) in [7, 11) is -4.39. The average molecular weight is 567 g/mol. The molecule has 0 radical (unpaired) electrons. The van der Waals surface area contributed by atoms with Gasteiger partial charge >= 0.3 is 25.3 Å². The fourth-order valence-electron chi connectivity index (χ4n) is 3.63. The lowest BCUT2D eigenvalue weighted by Gasteiger charge is -2.28. The molecule has 1 aliphatic heterocycles. The Hall–Kier alpha value is -2.42. The van der Waals surface area contributed by atoms with E-state index in [9.17, 15) is 28.8 Å². The number of hydrogen-bond donors (Lipinski definition) is 4. The number of carbonyl (C=O) groups excluding carboxylic acids is 2. The first-order chi connectivity index (χ1) is 17.4. The second-order valence-corrected chi connectivity index (χ2v) is 11.8. The molecule has 0 saturated carbocycles. The maximum atomic E-state index is 15.8. The van der Waals surface area contributed by atoms with Gasteiger partial charge in [0.25, 0.3) is 5.56 Å². The van der Waals surface area contributed by atoms with Crippen molar-refractivity contribution in [1.82, 2.24) is 19.7 Å². The summed E-state index contributed by atoms with van der Waals surface area (Å²) in [6, 6.07) is -1.42. The lowest BCUT2D eigenvalue weighted by molar-refractivity contribution is -0.182. The topological polar surface area (TPSA) is 187 Å². The van der Waals surface area contributed by atoms with E-state index in [-0.39, 0.29) is 0 Å². The molecule has 0 aromatic carbocycles. The van der Waals surface area contributed by atoms with E-state index >= 15 is 4.39 Å². The number of rotatable bonds is 12. The van der Waals surface area contributed by atoms with E-state index in [2.05, 4.69) is 10.2 Å². The fourth-order valence-corrected chi connectivity index (χ4v) is 5.46. The van der Waals surface area contributed by atoms with Crippen molar-refractivity contribution in [2.24, 2.45) is 0 Å². The van der Waals surface area contributed by atoms with Crippen LogP contribution in [-0.2, 0) is 32.9 Å². The predicted molar refractivity (Wildman–Crippen MR) is 132 cm³/mol. The van der Waals surface area contributed by atoms with E-state index < -0.39 is 85.9 Å². The molecular formula is C22H36FN4O10P. The Balaban J connectivity index is 2.26. The van der Waals surface area contributed by atoms with Crippen LogP contribution < -0.4 is 21.4 Å². The molecule has 0 aliphatic carbocycles. The summed E-state index contributed by atoms with van der Waals surface area (Å²) in [5.74, 6) is -4.34. The Kier molecular flexibility index (Phi) is 10.2. The molecule has 1 aromatic heterocycles. The van der Waals surface area contributed by atoms with Crippen molar-refractivity contribution in [2.45, 2.75) is 96.9 Å². The normalized spacial score (nSPS) is 25.4. The number of aromatic amines is 1. The smallest absolute Gasteiger partial charge is 0.342 e. The molecule has 0 amide bonds. The lowest BCUT2D eigenvalue weighted by atomic mass is 9.99. The number of carbonyl (C=O) groups is 2. The number of esters is 2. The molecule has 2 rings (SSSR count). The summed E-state index contributed by atoms with van der Waals surface area (Å²) in [6.07, 6.45) is -2.20. The van der Waals surface area contributed by atoms with Crippen molar-refractivity contribution in [3.8, 4) is 0 Å². The number of aromatic nitrogens is 2. The highest BCUT2D eigenvalue weighted by Crippen LogP contribution is 2.48. The Morgan fingerprint density at radius 3 is 2.11 bits per heavy atom. The summed E-state index contributed by atoms with van der Waals surface area (Å²) in [5, 5.41) is 15.6. The first kappa shape index (κ1) is 31.8. The van der Waals surface area contributed by atoms with Gasteiger partial charge in [-0.3, -0.25) is 28.5 Å². The van der Waals surface area contributed by atoms with Gasteiger partial charge in [-0.25, -0.2) is 19.4 Å². The van der Waals surface area contributed by atoms with Crippen molar-refractivity contribution < 1.29 is 42.4 Å². The number of nitrogens with one attached hydrogen (secondary N) is 3. The average Bonchev–Trinajstić information content (AvgIpc) is 3.00. The highest BCUT2D eigenvalue weighted by atomic mass is 31.2. The zero-order valence-electron chi connectivity index (χ0n) is 22.3. The van der Waals surface area contributed by atoms with Crippen LogP contribution in [-0.4, -0.2) is 69.0 Å². The molecule has 1 saturated heterocycles. The maximum Gasteiger partial charge on any atom is 0.342 e. The SMILES string of the molecule is CC(C)OC(=O)[C@H](C)NP(=O)(N[C@@H](C)C(=O)OC(C)C)OC[C@]1(F)C[C@@](C)(O)[C@H](n2ccc(=O)[nH]c2=O)O1. The van der Waals surface area contributed by atoms with E-state index in [1.165, 1.54) is 20.8 Å². The molecule has 0 unspecified atom stereocenters. The van der Waals surface area contributed by atoms with Crippen LogP contribution in [0.4, 0.5) is 4.39 Å². The number of aliphatic hydroxyl groups is 1. The molecule has 16 heteroatoms. The maximum absolute atomic E-state index is 15.8. The predicted octanol–water partition coefficient (Wildman–Crippen LogP) is 0.856. The van der Waals surface area contributed by atoms with E-state index in [1.807, 2.05) is 4.98 Å². The molecule has 216 valence electrons. The molecule has 0 spiro atoms. The van der Waals surface area contributed by atoms with Gasteiger partial charge in [-0.05, 0) is 48.5 Å². The minimum atomic E-state index is -4.39. The van der Waals surface area contributed by atoms with Crippen molar-refractivity contribution in [1.29, 1.82) is 0 Å². The van der Waals surface area contributed by atoms with Gasteiger partial charge in [0.1, 0.15) is 24.3 Å². The first-order valence-electron chi connectivity index (χ1n) is 12.0. The monoisotopic (exact) mass is 566 g/mol. The third kappa shape index (κ3) is 8.55. The number of H-pyrrole nitrogens is 1. The first-order valence-corrected chi connectivity index (χ1v) is 13.6. The number of alkyl halides is 1. The molecule has 5 atom stereocenters. The Bertz CT molecular complexity index is 1140. The largest absolute Gasteiger partial charge is 0.462 e. The Morgan fingerprint density at radius 1 is 1.16 bits per heavy atom. The van der Waals surface area contributed by atoms with E-state index in [0.29, 0.717) is 0 Å². The van der Waals surface area contributed by atoms with Gasteiger partial charge in [-0.2, -0.15) is 0 Å². The van der Waals surface area contributed by atoms with Crippen LogP contribution in [0.3, 0.4) is 0 Å². The van der Waals surface area contributed by atoms with Crippen molar-refractivity contribution in [2.75, 3.05) is 6.61 Å². The third-order valence-corrected chi connectivity index (χ3v) is 7.13. The summed E-state index contributed by atoms with van der Waals surface area (Å²) in [6.45, 7) is 9.28. The van der Waals surface area contributed by atoms with E-state index in [0.717, 1.165) is 16.8 Å². The quantitative estimate of drug-likeness (QED) is 0.207. The van der Waals surface area contributed by atoms with Gasteiger partial charge in [0, 0.05) is 18.7 Å². The molecule has 14 nitrogen and oxygen atoms in total. The van der Waals surface area contributed by atoms with Crippen molar-refractivity contribution >= 4 is 19.6 Å². The van der Waals surface area contributed by atoms with Crippen LogP contribution in [0.5, 0.6) is 0 Å². The molecule has 1 aromatic rings. The number of halogens is 1. The Labute approximate surface area is 218 Å². The summed E-state index contributed by atoms with van der Waals surface area (Å²) < 4.78 is 51.1.